The Labute approximate surface area is 132 Å². The Morgan fingerprint density at radius 3 is 2.55 bits per heavy atom. The molecular formula is C16H28N4O2. The molecule has 6 heteroatoms. The van der Waals surface area contributed by atoms with E-state index in [2.05, 4.69) is 30.8 Å². The zero-order valence-electron chi connectivity index (χ0n) is 14.0. The van der Waals surface area contributed by atoms with Gasteiger partial charge in [0.25, 0.3) is 5.91 Å². The number of rotatable bonds is 6. The van der Waals surface area contributed by atoms with Gasteiger partial charge in [-0.15, -0.1) is 0 Å². The Balaban J connectivity index is 2.05. The van der Waals surface area contributed by atoms with Crippen LogP contribution >= 0.6 is 0 Å². The summed E-state index contributed by atoms with van der Waals surface area (Å²) in [6.45, 7) is 11.2. The topological polar surface area (TPSA) is 61.6 Å². The van der Waals surface area contributed by atoms with E-state index >= 15 is 0 Å². The number of aromatic nitrogens is 2. The van der Waals surface area contributed by atoms with Crippen molar-refractivity contribution < 1.29 is 9.90 Å². The molecule has 0 saturated carbocycles. The fraction of sp³-hybridized carbons (Fsp3) is 0.750. The van der Waals surface area contributed by atoms with E-state index < -0.39 is 0 Å². The first kappa shape index (κ1) is 17.0. The first-order chi connectivity index (χ1) is 10.6. The van der Waals surface area contributed by atoms with E-state index in [0.717, 1.165) is 50.4 Å². The second kappa shape index (κ2) is 7.74. The van der Waals surface area contributed by atoms with E-state index in [1.165, 1.54) is 0 Å². The van der Waals surface area contributed by atoms with Gasteiger partial charge in [-0.2, -0.15) is 5.10 Å². The van der Waals surface area contributed by atoms with Gasteiger partial charge in [0, 0.05) is 39.3 Å². The highest BCUT2D eigenvalue weighted by molar-refractivity contribution is 5.95. The SMILES string of the molecule is CCc1c(C(=O)N2CCN(CCO)CC2)cnn1CC(C)C. The normalized spacial score (nSPS) is 16.5. The van der Waals surface area contributed by atoms with Crippen LogP contribution < -0.4 is 0 Å². The fourth-order valence-electron chi connectivity index (χ4n) is 2.95. The minimum Gasteiger partial charge on any atom is -0.395 e. The Kier molecular flexibility index (Phi) is 5.97. The first-order valence-electron chi connectivity index (χ1n) is 8.24. The van der Waals surface area contributed by atoms with Crippen molar-refractivity contribution in [1.29, 1.82) is 0 Å². The number of nitrogens with zero attached hydrogens (tertiary/aromatic N) is 4. The first-order valence-corrected chi connectivity index (χ1v) is 8.24. The molecule has 0 bridgehead atoms. The highest BCUT2D eigenvalue weighted by atomic mass is 16.3. The molecule has 0 atom stereocenters. The molecule has 0 unspecified atom stereocenters. The average Bonchev–Trinajstić information content (AvgIpc) is 2.89. The maximum atomic E-state index is 12.7. The van der Waals surface area contributed by atoms with Crippen molar-refractivity contribution in [3.63, 3.8) is 0 Å². The van der Waals surface area contributed by atoms with Crippen LogP contribution in [0.2, 0.25) is 0 Å². The molecule has 1 fully saturated rings. The van der Waals surface area contributed by atoms with E-state index in [4.69, 9.17) is 5.11 Å². The lowest BCUT2D eigenvalue weighted by Crippen LogP contribution is -2.49. The Bertz CT molecular complexity index is 490. The largest absolute Gasteiger partial charge is 0.395 e. The number of amides is 1. The fourth-order valence-corrected chi connectivity index (χ4v) is 2.95. The molecule has 124 valence electrons. The van der Waals surface area contributed by atoms with Crippen LogP contribution in [0.3, 0.4) is 0 Å². The van der Waals surface area contributed by atoms with Crippen molar-refractivity contribution in [2.24, 2.45) is 5.92 Å². The lowest BCUT2D eigenvalue weighted by molar-refractivity contribution is 0.0613. The van der Waals surface area contributed by atoms with Gasteiger partial charge in [0.2, 0.25) is 0 Å². The zero-order chi connectivity index (χ0) is 16.1. The van der Waals surface area contributed by atoms with Gasteiger partial charge >= 0.3 is 0 Å². The van der Waals surface area contributed by atoms with E-state index in [-0.39, 0.29) is 12.5 Å². The second-order valence-corrected chi connectivity index (χ2v) is 6.29. The molecule has 22 heavy (non-hydrogen) atoms. The molecule has 1 N–H and O–H groups in total. The van der Waals surface area contributed by atoms with Crippen LogP contribution in [-0.4, -0.2) is 69.9 Å². The van der Waals surface area contributed by atoms with Crippen LogP contribution in [0.4, 0.5) is 0 Å². The minimum absolute atomic E-state index is 0.0931. The molecule has 1 aromatic rings. The second-order valence-electron chi connectivity index (χ2n) is 6.29. The quantitative estimate of drug-likeness (QED) is 0.846. The van der Waals surface area contributed by atoms with Gasteiger partial charge in [-0.3, -0.25) is 14.4 Å². The van der Waals surface area contributed by atoms with Crippen LogP contribution in [0.15, 0.2) is 6.20 Å². The Morgan fingerprint density at radius 1 is 1.32 bits per heavy atom. The van der Waals surface area contributed by atoms with Crippen molar-refractivity contribution in [3.8, 4) is 0 Å². The summed E-state index contributed by atoms with van der Waals surface area (Å²) in [7, 11) is 0. The molecule has 2 heterocycles. The summed E-state index contributed by atoms with van der Waals surface area (Å²) in [6.07, 6.45) is 2.54. The maximum absolute atomic E-state index is 12.7. The van der Waals surface area contributed by atoms with Gasteiger partial charge < -0.3 is 10.0 Å². The predicted molar refractivity (Wildman–Crippen MR) is 85.9 cm³/mol. The number of aliphatic hydroxyl groups is 1. The van der Waals surface area contributed by atoms with Gasteiger partial charge in [0.15, 0.2) is 0 Å². The van der Waals surface area contributed by atoms with Crippen LogP contribution in [0.1, 0.15) is 36.8 Å². The summed E-state index contributed by atoms with van der Waals surface area (Å²) >= 11 is 0. The summed E-state index contributed by atoms with van der Waals surface area (Å²) in [5.41, 5.74) is 1.79. The third-order valence-electron chi connectivity index (χ3n) is 4.13. The van der Waals surface area contributed by atoms with Crippen LogP contribution in [0.25, 0.3) is 0 Å². The highest BCUT2D eigenvalue weighted by Gasteiger charge is 2.25. The van der Waals surface area contributed by atoms with Crippen molar-refractivity contribution in [3.05, 3.63) is 17.5 Å². The summed E-state index contributed by atoms with van der Waals surface area (Å²) in [4.78, 5) is 16.8. The summed E-state index contributed by atoms with van der Waals surface area (Å²) in [5, 5.41) is 13.4. The number of hydrogen-bond acceptors (Lipinski definition) is 4. The Hall–Kier alpha value is -1.40. The van der Waals surface area contributed by atoms with Gasteiger partial charge in [0.05, 0.1) is 24.1 Å². The molecule has 1 aliphatic rings. The van der Waals surface area contributed by atoms with Crippen molar-refractivity contribution >= 4 is 5.91 Å². The Morgan fingerprint density at radius 2 is 2.00 bits per heavy atom. The number of aliphatic hydroxyl groups excluding tert-OH is 1. The molecule has 2 rings (SSSR count). The van der Waals surface area contributed by atoms with Crippen molar-refractivity contribution in [2.75, 3.05) is 39.3 Å². The molecule has 1 saturated heterocycles. The van der Waals surface area contributed by atoms with Crippen molar-refractivity contribution in [1.82, 2.24) is 19.6 Å². The minimum atomic E-state index is 0.0931. The van der Waals surface area contributed by atoms with Crippen LogP contribution in [0.5, 0.6) is 0 Å². The monoisotopic (exact) mass is 308 g/mol. The van der Waals surface area contributed by atoms with Crippen molar-refractivity contribution in [2.45, 2.75) is 33.7 Å². The van der Waals surface area contributed by atoms with E-state index in [9.17, 15) is 4.79 Å². The van der Waals surface area contributed by atoms with Crippen LogP contribution in [-0.2, 0) is 13.0 Å². The predicted octanol–water partition coefficient (Wildman–Crippen LogP) is 0.852. The summed E-state index contributed by atoms with van der Waals surface area (Å²) in [5.74, 6) is 0.602. The number of carbonyl (C=O) groups is 1. The number of piperazine rings is 1. The van der Waals surface area contributed by atoms with E-state index in [1.54, 1.807) is 6.20 Å². The van der Waals surface area contributed by atoms with Gasteiger partial charge in [-0.05, 0) is 12.3 Å². The average molecular weight is 308 g/mol. The summed E-state index contributed by atoms with van der Waals surface area (Å²) < 4.78 is 1.97. The van der Waals surface area contributed by atoms with E-state index in [0.29, 0.717) is 12.5 Å². The number of hydrogen-bond donors (Lipinski definition) is 1. The third-order valence-corrected chi connectivity index (χ3v) is 4.13. The van der Waals surface area contributed by atoms with Crippen LogP contribution in [0, 0.1) is 5.92 Å². The third kappa shape index (κ3) is 3.87. The lowest BCUT2D eigenvalue weighted by atomic mass is 10.1. The number of carbonyl (C=O) groups excluding carboxylic acids is 1. The maximum Gasteiger partial charge on any atom is 0.257 e. The molecule has 0 radical (unpaired) electrons. The summed E-state index contributed by atoms with van der Waals surface area (Å²) in [6, 6.07) is 0. The highest BCUT2D eigenvalue weighted by Crippen LogP contribution is 2.15. The zero-order valence-corrected chi connectivity index (χ0v) is 14.0. The molecule has 0 aliphatic carbocycles. The van der Waals surface area contributed by atoms with E-state index in [1.807, 2.05) is 9.58 Å². The van der Waals surface area contributed by atoms with Gasteiger partial charge in [-0.25, -0.2) is 0 Å². The smallest absolute Gasteiger partial charge is 0.257 e. The molecule has 1 aromatic heterocycles. The standard InChI is InChI=1S/C16H28N4O2/c1-4-15-14(11-17-20(15)12-13(2)3)16(22)19-7-5-18(6-8-19)9-10-21/h11,13,21H,4-10,12H2,1-3H3. The molecular weight excluding hydrogens is 280 g/mol. The van der Waals surface area contributed by atoms with Gasteiger partial charge in [0.1, 0.15) is 0 Å². The molecule has 1 aliphatic heterocycles. The lowest BCUT2D eigenvalue weighted by Gasteiger charge is -2.34. The molecule has 1 amide bonds. The number of β-amino-alcohol motifs (C(OH)–C–C–N with tert-alkyl or cyclic N) is 1. The molecule has 0 spiro atoms. The molecule has 6 nitrogen and oxygen atoms in total. The molecule has 0 aromatic carbocycles. The van der Waals surface area contributed by atoms with Gasteiger partial charge in [-0.1, -0.05) is 20.8 Å².